The van der Waals surface area contributed by atoms with Crippen molar-refractivity contribution in [3.05, 3.63) is 60.4 Å². The molecule has 1 aliphatic rings. The van der Waals surface area contributed by atoms with Crippen molar-refractivity contribution < 1.29 is 4.74 Å². The Kier molecular flexibility index (Phi) is 4.73. The van der Waals surface area contributed by atoms with Crippen LogP contribution in [-0.2, 0) is 0 Å². The second kappa shape index (κ2) is 7.67. The second-order valence-corrected chi connectivity index (χ2v) is 7.78. The zero-order valence-corrected chi connectivity index (χ0v) is 17.0. The van der Waals surface area contributed by atoms with Crippen molar-refractivity contribution in [2.24, 2.45) is 0 Å². The summed E-state index contributed by atoms with van der Waals surface area (Å²) in [7, 11) is 1.69. The molecule has 7 heteroatoms. The molecule has 0 amide bonds. The smallest absolute Gasteiger partial charge is 0.141 e. The molecule has 0 spiro atoms. The normalized spacial score (nSPS) is 14.4. The van der Waals surface area contributed by atoms with E-state index in [4.69, 9.17) is 4.74 Å². The molecule has 1 aromatic carbocycles. The van der Waals surface area contributed by atoms with Crippen LogP contribution in [0, 0.1) is 0 Å². The maximum absolute atomic E-state index is 5.30. The van der Waals surface area contributed by atoms with Crippen LogP contribution in [0.1, 0.15) is 0 Å². The number of nitrogens with zero attached hydrogens (tertiary/aromatic N) is 5. The summed E-state index contributed by atoms with van der Waals surface area (Å²) in [5, 5.41) is 3.31. The zero-order valence-electron chi connectivity index (χ0n) is 16.2. The summed E-state index contributed by atoms with van der Waals surface area (Å²) in [4.78, 5) is 19.4. The Morgan fingerprint density at radius 1 is 0.897 bits per heavy atom. The molecular weight excluding hydrogens is 382 g/mol. The topological polar surface area (TPSA) is 54.4 Å². The summed E-state index contributed by atoms with van der Waals surface area (Å²) in [6.45, 7) is 3.65. The Morgan fingerprint density at radius 2 is 1.69 bits per heavy atom. The maximum atomic E-state index is 5.30. The summed E-state index contributed by atoms with van der Waals surface area (Å²) in [5.74, 6) is 2.91. The number of aromatic nitrogens is 3. The molecule has 6 nitrogen and oxygen atoms in total. The number of anilines is 2. The van der Waals surface area contributed by atoms with E-state index in [0.29, 0.717) is 0 Å². The van der Waals surface area contributed by atoms with Crippen LogP contribution in [0.25, 0.3) is 21.3 Å². The first-order valence-corrected chi connectivity index (χ1v) is 10.5. The van der Waals surface area contributed by atoms with Crippen molar-refractivity contribution in [1.82, 2.24) is 15.0 Å². The quantitative estimate of drug-likeness (QED) is 0.512. The Bertz CT molecular complexity index is 1110. The molecule has 0 radical (unpaired) electrons. The highest BCUT2D eigenvalue weighted by Gasteiger charge is 2.23. The number of piperazine rings is 1. The van der Waals surface area contributed by atoms with Crippen LogP contribution < -0.4 is 14.5 Å². The van der Waals surface area contributed by atoms with Crippen molar-refractivity contribution >= 4 is 33.2 Å². The van der Waals surface area contributed by atoms with Gasteiger partial charge in [-0.25, -0.2) is 15.0 Å². The molecule has 0 N–H and O–H groups in total. The third kappa shape index (κ3) is 3.38. The fourth-order valence-corrected chi connectivity index (χ4v) is 4.68. The number of rotatable bonds is 4. The number of fused-ring (bicyclic) bond motifs is 1. The summed E-state index contributed by atoms with van der Waals surface area (Å²) in [6.07, 6.45) is 3.53. The third-order valence-corrected chi connectivity index (χ3v) is 6.19. The lowest BCUT2D eigenvalue weighted by molar-refractivity contribution is 0.415. The van der Waals surface area contributed by atoms with Gasteiger partial charge in [-0.3, -0.25) is 0 Å². The van der Waals surface area contributed by atoms with Crippen LogP contribution in [0.15, 0.2) is 60.4 Å². The fourth-order valence-electron chi connectivity index (χ4n) is 3.77. The minimum atomic E-state index is 0.857. The predicted molar refractivity (Wildman–Crippen MR) is 118 cm³/mol. The standard InChI is InChI=1S/C22H21N5OS/c1-28-17-7-5-16(6-8-17)18-14-29-22-20(18)21(24-15-25-22)27-12-10-26(11-13-27)19-4-2-3-9-23-19/h2-9,14-15H,10-13H2,1H3. The number of hydrogen-bond acceptors (Lipinski definition) is 7. The Morgan fingerprint density at radius 3 is 2.41 bits per heavy atom. The van der Waals surface area contributed by atoms with Crippen LogP contribution in [0.3, 0.4) is 0 Å². The minimum Gasteiger partial charge on any atom is -0.497 e. The molecule has 0 atom stereocenters. The molecule has 4 heterocycles. The molecule has 3 aromatic heterocycles. The van der Waals surface area contributed by atoms with Gasteiger partial charge in [0, 0.05) is 43.3 Å². The van der Waals surface area contributed by atoms with Crippen LogP contribution in [0.5, 0.6) is 5.75 Å². The molecule has 5 rings (SSSR count). The van der Waals surface area contributed by atoms with Gasteiger partial charge in [0.1, 0.15) is 28.5 Å². The first kappa shape index (κ1) is 17.9. The average Bonchev–Trinajstić information content (AvgIpc) is 3.24. The Hall–Kier alpha value is -3.19. The van der Waals surface area contributed by atoms with Crippen LogP contribution >= 0.6 is 11.3 Å². The van der Waals surface area contributed by atoms with Crippen LogP contribution in [0.4, 0.5) is 11.6 Å². The Labute approximate surface area is 173 Å². The van der Waals surface area contributed by atoms with Gasteiger partial charge in [-0.05, 0) is 29.8 Å². The predicted octanol–water partition coefficient (Wildman–Crippen LogP) is 4.09. The average molecular weight is 404 g/mol. The fraction of sp³-hybridized carbons (Fsp3) is 0.227. The van der Waals surface area contributed by atoms with E-state index < -0.39 is 0 Å². The summed E-state index contributed by atoms with van der Waals surface area (Å²) in [6, 6.07) is 14.2. The lowest BCUT2D eigenvalue weighted by atomic mass is 10.1. The molecule has 1 fully saturated rings. The van der Waals surface area contributed by atoms with Gasteiger partial charge in [0.25, 0.3) is 0 Å². The molecule has 0 saturated carbocycles. The number of ether oxygens (including phenoxy) is 1. The number of hydrogen-bond donors (Lipinski definition) is 0. The molecule has 0 unspecified atom stereocenters. The van der Waals surface area contributed by atoms with E-state index >= 15 is 0 Å². The largest absolute Gasteiger partial charge is 0.497 e. The molecular formula is C22H21N5OS. The van der Waals surface area contributed by atoms with Gasteiger partial charge in [-0.15, -0.1) is 11.3 Å². The van der Waals surface area contributed by atoms with Crippen molar-refractivity contribution in [2.75, 3.05) is 43.1 Å². The lowest BCUT2D eigenvalue weighted by Gasteiger charge is -2.36. The van der Waals surface area contributed by atoms with Gasteiger partial charge in [0.15, 0.2) is 0 Å². The monoisotopic (exact) mass is 403 g/mol. The second-order valence-electron chi connectivity index (χ2n) is 6.92. The van der Waals surface area contributed by atoms with Crippen LogP contribution in [0.2, 0.25) is 0 Å². The summed E-state index contributed by atoms with van der Waals surface area (Å²) in [5.41, 5.74) is 2.33. The third-order valence-electron chi connectivity index (χ3n) is 5.30. The molecule has 29 heavy (non-hydrogen) atoms. The highest BCUT2D eigenvalue weighted by molar-refractivity contribution is 7.17. The van der Waals surface area contributed by atoms with Crippen LogP contribution in [-0.4, -0.2) is 48.2 Å². The van der Waals surface area contributed by atoms with Crippen molar-refractivity contribution in [1.29, 1.82) is 0 Å². The number of benzene rings is 1. The van der Waals surface area contributed by atoms with E-state index in [1.165, 1.54) is 5.56 Å². The lowest BCUT2D eigenvalue weighted by Crippen LogP contribution is -2.47. The SMILES string of the molecule is COc1ccc(-c2csc3ncnc(N4CCN(c5ccccn5)CC4)c23)cc1. The van der Waals surface area contributed by atoms with Gasteiger partial charge in [0.2, 0.25) is 0 Å². The highest BCUT2D eigenvalue weighted by Crippen LogP contribution is 2.38. The first-order valence-electron chi connectivity index (χ1n) is 9.61. The van der Waals surface area contributed by atoms with E-state index in [0.717, 1.165) is 59.3 Å². The van der Waals surface area contributed by atoms with E-state index in [1.807, 2.05) is 30.5 Å². The molecule has 1 aliphatic heterocycles. The van der Waals surface area contributed by atoms with E-state index in [1.54, 1.807) is 24.8 Å². The van der Waals surface area contributed by atoms with Gasteiger partial charge in [0.05, 0.1) is 12.5 Å². The van der Waals surface area contributed by atoms with E-state index in [-0.39, 0.29) is 0 Å². The zero-order chi connectivity index (χ0) is 19.6. The molecule has 1 saturated heterocycles. The summed E-state index contributed by atoms with van der Waals surface area (Å²) < 4.78 is 5.30. The maximum Gasteiger partial charge on any atom is 0.141 e. The number of methoxy groups -OCH3 is 1. The van der Waals surface area contributed by atoms with Gasteiger partial charge in [-0.2, -0.15) is 0 Å². The first-order chi connectivity index (χ1) is 14.3. The molecule has 4 aromatic rings. The summed E-state index contributed by atoms with van der Waals surface area (Å²) >= 11 is 1.66. The molecule has 0 aliphatic carbocycles. The highest BCUT2D eigenvalue weighted by atomic mass is 32.1. The van der Waals surface area contributed by atoms with Crippen molar-refractivity contribution in [3.63, 3.8) is 0 Å². The van der Waals surface area contributed by atoms with Gasteiger partial charge < -0.3 is 14.5 Å². The molecule has 146 valence electrons. The number of thiophene rings is 1. The van der Waals surface area contributed by atoms with Gasteiger partial charge in [-0.1, -0.05) is 18.2 Å². The van der Waals surface area contributed by atoms with Gasteiger partial charge >= 0.3 is 0 Å². The Balaban J connectivity index is 1.45. The minimum absolute atomic E-state index is 0.857. The van der Waals surface area contributed by atoms with Crippen molar-refractivity contribution in [3.8, 4) is 16.9 Å². The number of pyridine rings is 1. The van der Waals surface area contributed by atoms with Crippen molar-refractivity contribution in [2.45, 2.75) is 0 Å². The van der Waals surface area contributed by atoms with E-state index in [9.17, 15) is 0 Å². The van der Waals surface area contributed by atoms with E-state index in [2.05, 4.69) is 48.3 Å². The molecule has 0 bridgehead atoms.